The van der Waals surface area contributed by atoms with Crippen LogP contribution in [0.25, 0.3) is 0 Å². The van der Waals surface area contributed by atoms with Crippen LogP contribution in [0.2, 0.25) is 0 Å². The molecule has 1 N–H and O–H groups in total. The minimum atomic E-state index is -0.814. The van der Waals surface area contributed by atoms with Gasteiger partial charge in [0.15, 0.2) is 0 Å². The van der Waals surface area contributed by atoms with Gasteiger partial charge >= 0.3 is 6.03 Å². The summed E-state index contributed by atoms with van der Waals surface area (Å²) >= 11 is 1.62. The summed E-state index contributed by atoms with van der Waals surface area (Å²) in [5.41, 5.74) is -0.542. The molecule has 3 amide bonds. The highest BCUT2D eigenvalue weighted by atomic mass is 32.2. The summed E-state index contributed by atoms with van der Waals surface area (Å²) in [7, 11) is 0. The van der Waals surface area contributed by atoms with Crippen LogP contribution in [-0.4, -0.2) is 38.8 Å². The number of nitro benzene ring substituents is 1. The summed E-state index contributed by atoms with van der Waals surface area (Å²) in [5, 5.41) is 13.8. The molecule has 0 bridgehead atoms. The maximum atomic E-state index is 12.5. The number of carbonyl (C=O) groups excluding carboxylic acids is 2. The molecule has 0 radical (unpaired) electrons. The maximum Gasteiger partial charge on any atom is 0.325 e. The molecule has 2 saturated heterocycles. The van der Waals surface area contributed by atoms with Crippen LogP contribution in [0.15, 0.2) is 24.3 Å². The summed E-state index contributed by atoms with van der Waals surface area (Å²) in [6.45, 7) is -0.0752. The lowest BCUT2D eigenvalue weighted by Gasteiger charge is -2.19. The summed E-state index contributed by atoms with van der Waals surface area (Å²) in [6.07, 6.45) is 0.607. The van der Waals surface area contributed by atoms with Gasteiger partial charge in [-0.2, -0.15) is 11.8 Å². The number of nitrogens with one attached hydrogen (secondary N) is 1. The standard InChI is InChI=1S/C13H13N3O4S/c17-11-13(5-6-21-8-13)14-12(18)15(11)7-9-3-1-2-4-10(9)16(19)20/h1-4H,5-8H2,(H,14,18). The Morgan fingerprint density at radius 1 is 1.38 bits per heavy atom. The van der Waals surface area contributed by atoms with Gasteiger partial charge in [0.05, 0.1) is 11.5 Å². The number of hydrogen-bond acceptors (Lipinski definition) is 5. The molecule has 3 rings (SSSR count). The Hall–Kier alpha value is -2.09. The Morgan fingerprint density at radius 2 is 2.14 bits per heavy atom. The first-order chi connectivity index (χ1) is 10.0. The fourth-order valence-corrected chi connectivity index (χ4v) is 3.97. The van der Waals surface area contributed by atoms with E-state index in [1.54, 1.807) is 30.0 Å². The summed E-state index contributed by atoms with van der Waals surface area (Å²) in [6, 6.07) is 5.67. The fraction of sp³-hybridized carbons (Fsp3) is 0.385. The average Bonchev–Trinajstić information content (AvgIpc) is 3.01. The second-order valence-corrected chi connectivity index (χ2v) is 6.20. The van der Waals surface area contributed by atoms with E-state index in [0.29, 0.717) is 17.7 Å². The van der Waals surface area contributed by atoms with E-state index in [9.17, 15) is 19.7 Å². The SMILES string of the molecule is O=C1NC2(CCSC2)C(=O)N1Cc1ccccc1[N+](=O)[O-]. The van der Waals surface area contributed by atoms with Crippen LogP contribution in [0.1, 0.15) is 12.0 Å². The summed E-state index contributed by atoms with van der Waals surface area (Å²) < 4.78 is 0. The van der Waals surface area contributed by atoms with Crippen molar-refractivity contribution in [2.45, 2.75) is 18.5 Å². The number of hydrogen-bond donors (Lipinski definition) is 1. The van der Waals surface area contributed by atoms with Crippen LogP contribution < -0.4 is 5.32 Å². The number of nitrogens with zero attached hydrogens (tertiary/aromatic N) is 2. The molecule has 21 heavy (non-hydrogen) atoms. The van der Waals surface area contributed by atoms with Gasteiger partial charge in [0.1, 0.15) is 5.54 Å². The number of benzene rings is 1. The van der Waals surface area contributed by atoms with E-state index in [0.717, 1.165) is 10.7 Å². The summed E-state index contributed by atoms with van der Waals surface area (Å²) in [5.74, 6) is 1.10. The normalized spacial score (nSPS) is 24.7. The Labute approximate surface area is 124 Å². The highest BCUT2D eigenvalue weighted by molar-refractivity contribution is 7.99. The second-order valence-electron chi connectivity index (χ2n) is 5.09. The van der Waals surface area contributed by atoms with E-state index in [4.69, 9.17) is 0 Å². The third-order valence-corrected chi connectivity index (χ3v) is 4.97. The molecule has 0 aromatic heterocycles. The highest BCUT2D eigenvalue weighted by Gasteiger charge is 2.53. The predicted molar refractivity (Wildman–Crippen MR) is 76.9 cm³/mol. The van der Waals surface area contributed by atoms with E-state index >= 15 is 0 Å². The number of para-hydroxylation sites is 1. The Morgan fingerprint density at radius 3 is 2.81 bits per heavy atom. The number of imide groups is 1. The molecule has 2 aliphatic heterocycles. The lowest BCUT2D eigenvalue weighted by Crippen LogP contribution is -2.46. The van der Waals surface area contributed by atoms with Crippen LogP contribution in [0, 0.1) is 10.1 Å². The lowest BCUT2D eigenvalue weighted by molar-refractivity contribution is -0.385. The fourth-order valence-electron chi connectivity index (χ4n) is 2.65. The Balaban J connectivity index is 1.87. The van der Waals surface area contributed by atoms with Crippen molar-refractivity contribution < 1.29 is 14.5 Å². The van der Waals surface area contributed by atoms with Crippen molar-refractivity contribution in [2.75, 3.05) is 11.5 Å². The number of rotatable bonds is 3. The zero-order valence-electron chi connectivity index (χ0n) is 11.1. The van der Waals surface area contributed by atoms with Crippen molar-refractivity contribution in [3.05, 3.63) is 39.9 Å². The molecule has 1 aromatic rings. The zero-order chi connectivity index (χ0) is 15.0. The van der Waals surface area contributed by atoms with E-state index in [-0.39, 0.29) is 18.1 Å². The quantitative estimate of drug-likeness (QED) is 0.519. The monoisotopic (exact) mass is 307 g/mol. The number of urea groups is 1. The van der Waals surface area contributed by atoms with Crippen LogP contribution in [0.4, 0.5) is 10.5 Å². The molecule has 0 saturated carbocycles. The smallest absolute Gasteiger partial charge is 0.322 e. The van der Waals surface area contributed by atoms with Crippen molar-refractivity contribution >= 4 is 29.4 Å². The van der Waals surface area contributed by atoms with E-state index < -0.39 is 16.5 Å². The van der Waals surface area contributed by atoms with Crippen LogP contribution in [-0.2, 0) is 11.3 Å². The van der Waals surface area contributed by atoms with Gasteiger partial charge in [0.25, 0.3) is 11.6 Å². The molecule has 2 heterocycles. The Kier molecular flexibility index (Phi) is 3.32. The highest BCUT2D eigenvalue weighted by Crippen LogP contribution is 2.34. The van der Waals surface area contributed by atoms with E-state index in [1.807, 2.05) is 0 Å². The first-order valence-electron chi connectivity index (χ1n) is 6.48. The minimum absolute atomic E-state index is 0.0752. The van der Waals surface area contributed by atoms with E-state index in [2.05, 4.69) is 5.32 Å². The lowest BCUT2D eigenvalue weighted by atomic mass is 9.99. The molecule has 1 unspecified atom stereocenters. The molecule has 7 nitrogen and oxygen atoms in total. The molecule has 8 heteroatoms. The molecule has 1 spiro atoms. The third kappa shape index (κ3) is 2.25. The first-order valence-corrected chi connectivity index (χ1v) is 7.63. The number of amides is 3. The predicted octanol–water partition coefficient (Wildman–Crippen LogP) is 1.52. The number of nitro groups is 1. The topological polar surface area (TPSA) is 92.6 Å². The molecule has 0 aliphatic carbocycles. The number of carbonyl (C=O) groups is 2. The largest absolute Gasteiger partial charge is 0.325 e. The van der Waals surface area contributed by atoms with Crippen LogP contribution in [0.5, 0.6) is 0 Å². The molecule has 2 fully saturated rings. The van der Waals surface area contributed by atoms with Gasteiger partial charge in [-0.05, 0) is 12.2 Å². The second kappa shape index (κ2) is 5.03. The van der Waals surface area contributed by atoms with Crippen molar-refractivity contribution in [3.63, 3.8) is 0 Å². The third-order valence-electron chi connectivity index (χ3n) is 3.78. The Bertz CT molecular complexity index is 628. The summed E-state index contributed by atoms with van der Waals surface area (Å²) in [4.78, 5) is 36.1. The van der Waals surface area contributed by atoms with Gasteiger partial charge in [0.2, 0.25) is 0 Å². The van der Waals surface area contributed by atoms with Crippen molar-refractivity contribution in [1.82, 2.24) is 10.2 Å². The van der Waals surface area contributed by atoms with Crippen molar-refractivity contribution in [2.24, 2.45) is 0 Å². The maximum absolute atomic E-state index is 12.5. The van der Waals surface area contributed by atoms with Crippen molar-refractivity contribution in [3.8, 4) is 0 Å². The van der Waals surface area contributed by atoms with Gasteiger partial charge in [-0.3, -0.25) is 19.8 Å². The van der Waals surface area contributed by atoms with Gasteiger partial charge in [-0.15, -0.1) is 0 Å². The van der Waals surface area contributed by atoms with Gasteiger partial charge in [-0.25, -0.2) is 4.79 Å². The molecular formula is C13H13N3O4S. The molecule has 2 aliphatic rings. The van der Waals surface area contributed by atoms with Gasteiger partial charge in [0, 0.05) is 17.4 Å². The average molecular weight is 307 g/mol. The van der Waals surface area contributed by atoms with Crippen LogP contribution in [0.3, 0.4) is 0 Å². The minimum Gasteiger partial charge on any atom is -0.322 e. The first kappa shape index (κ1) is 13.9. The van der Waals surface area contributed by atoms with Crippen LogP contribution >= 0.6 is 11.8 Å². The number of thioether (sulfide) groups is 1. The molecular weight excluding hydrogens is 294 g/mol. The molecule has 1 aromatic carbocycles. The molecule has 1 atom stereocenters. The van der Waals surface area contributed by atoms with E-state index in [1.165, 1.54) is 6.07 Å². The van der Waals surface area contributed by atoms with Crippen molar-refractivity contribution in [1.29, 1.82) is 0 Å². The van der Waals surface area contributed by atoms with Gasteiger partial charge in [-0.1, -0.05) is 18.2 Å². The molecule has 110 valence electrons. The van der Waals surface area contributed by atoms with Gasteiger partial charge < -0.3 is 5.32 Å². The zero-order valence-corrected chi connectivity index (χ0v) is 11.9.